The average molecular weight is 337 g/mol. The molecule has 0 saturated heterocycles. The van der Waals surface area contributed by atoms with Crippen molar-refractivity contribution < 1.29 is 4.79 Å². The molecule has 0 fully saturated rings. The Morgan fingerprint density at radius 2 is 2.20 bits per heavy atom. The minimum absolute atomic E-state index is 0.0732. The van der Waals surface area contributed by atoms with Gasteiger partial charge in [-0.05, 0) is 49.5 Å². The maximum absolute atomic E-state index is 13.1. The number of aromatic amines is 1. The molecule has 1 aromatic carbocycles. The summed E-state index contributed by atoms with van der Waals surface area (Å²) >= 11 is 0. The molecule has 2 N–H and O–H groups in total. The molecule has 2 aromatic rings. The molecule has 0 spiro atoms. The van der Waals surface area contributed by atoms with Crippen LogP contribution in [0.15, 0.2) is 30.5 Å². The van der Waals surface area contributed by atoms with Gasteiger partial charge in [-0.2, -0.15) is 0 Å². The normalized spacial score (nSPS) is 22.0. The van der Waals surface area contributed by atoms with Gasteiger partial charge in [-0.15, -0.1) is 0 Å². The van der Waals surface area contributed by atoms with E-state index in [9.17, 15) is 4.79 Å². The summed E-state index contributed by atoms with van der Waals surface area (Å²) in [6.45, 7) is 7.90. The lowest BCUT2D eigenvalue weighted by Crippen LogP contribution is -2.48. The third kappa shape index (κ3) is 2.69. The van der Waals surface area contributed by atoms with Crippen LogP contribution in [0.5, 0.6) is 0 Å². The molecule has 4 heteroatoms. The molecule has 1 amide bonds. The van der Waals surface area contributed by atoms with Crippen LogP contribution < -0.4 is 5.32 Å². The van der Waals surface area contributed by atoms with Gasteiger partial charge in [0, 0.05) is 42.3 Å². The fourth-order valence-electron chi connectivity index (χ4n) is 4.34. The molecule has 0 radical (unpaired) electrons. The fraction of sp³-hybridized carbons (Fsp3) is 0.476. The van der Waals surface area contributed by atoms with E-state index in [-0.39, 0.29) is 17.9 Å². The zero-order valence-electron chi connectivity index (χ0n) is 15.3. The Bertz CT molecular complexity index is 833. The molecule has 0 saturated carbocycles. The van der Waals surface area contributed by atoms with Crippen molar-refractivity contribution in [3.63, 3.8) is 0 Å². The van der Waals surface area contributed by atoms with Gasteiger partial charge in [0.1, 0.15) is 0 Å². The molecule has 2 unspecified atom stereocenters. The highest BCUT2D eigenvalue weighted by Gasteiger charge is 2.33. The highest BCUT2D eigenvalue weighted by molar-refractivity contribution is 5.99. The topological polar surface area (TPSA) is 48.1 Å². The van der Waals surface area contributed by atoms with E-state index in [2.05, 4.69) is 61.5 Å². The number of H-pyrrole nitrogens is 1. The van der Waals surface area contributed by atoms with Crippen molar-refractivity contribution in [2.45, 2.75) is 45.7 Å². The smallest absolute Gasteiger partial charge is 0.231 e. The largest absolute Gasteiger partial charge is 0.361 e. The minimum Gasteiger partial charge on any atom is -0.361 e. The number of nitrogens with zero attached hydrogens (tertiary/aromatic N) is 1. The number of nitrogens with one attached hydrogen (secondary N) is 2. The molecule has 4 rings (SSSR count). The summed E-state index contributed by atoms with van der Waals surface area (Å²) in [5.41, 5.74) is 5.14. The molecule has 0 bridgehead atoms. The van der Waals surface area contributed by atoms with Crippen LogP contribution in [0.4, 0.5) is 0 Å². The summed E-state index contributed by atoms with van der Waals surface area (Å²) in [6.07, 6.45) is 6.35. The van der Waals surface area contributed by atoms with Crippen molar-refractivity contribution in [1.29, 1.82) is 0 Å². The number of hydrogen-bond donors (Lipinski definition) is 2. The number of rotatable bonds is 4. The van der Waals surface area contributed by atoms with Crippen LogP contribution in [0, 0.1) is 5.92 Å². The van der Waals surface area contributed by atoms with Crippen LogP contribution in [-0.4, -0.2) is 41.0 Å². The van der Waals surface area contributed by atoms with Crippen molar-refractivity contribution >= 4 is 22.4 Å². The van der Waals surface area contributed by atoms with Crippen molar-refractivity contribution in [3.8, 4) is 0 Å². The van der Waals surface area contributed by atoms with Crippen LogP contribution in [0.2, 0.25) is 0 Å². The van der Waals surface area contributed by atoms with Gasteiger partial charge in [0.25, 0.3) is 0 Å². The Labute approximate surface area is 149 Å². The van der Waals surface area contributed by atoms with E-state index in [1.165, 1.54) is 27.6 Å². The molecule has 1 aliphatic carbocycles. The molecule has 2 heterocycles. The number of hydrogen-bond acceptors (Lipinski definition) is 2. The first-order valence-electron chi connectivity index (χ1n) is 9.45. The molecular weight excluding hydrogens is 310 g/mol. The van der Waals surface area contributed by atoms with Gasteiger partial charge in [-0.3, -0.25) is 4.79 Å². The van der Waals surface area contributed by atoms with E-state index in [1.54, 1.807) is 0 Å². The summed E-state index contributed by atoms with van der Waals surface area (Å²) in [4.78, 5) is 18.5. The van der Waals surface area contributed by atoms with E-state index < -0.39 is 0 Å². The van der Waals surface area contributed by atoms with Crippen LogP contribution in [0.1, 0.15) is 38.3 Å². The second kappa shape index (κ2) is 6.34. The molecule has 1 aliphatic heterocycles. The highest BCUT2D eigenvalue weighted by atomic mass is 16.2. The van der Waals surface area contributed by atoms with Gasteiger partial charge in [0.15, 0.2) is 0 Å². The first-order chi connectivity index (χ1) is 12.1. The number of aromatic nitrogens is 1. The van der Waals surface area contributed by atoms with Gasteiger partial charge in [-0.25, -0.2) is 0 Å². The summed E-state index contributed by atoms with van der Waals surface area (Å²) < 4.78 is 0. The Balaban J connectivity index is 1.71. The number of fused-ring (bicyclic) bond motifs is 2. The molecular formula is C21H27N3O. The number of carbonyl (C=O) groups is 1. The fourth-order valence-corrected chi connectivity index (χ4v) is 4.34. The second-order valence-electron chi connectivity index (χ2n) is 7.56. The minimum atomic E-state index is -0.0732. The van der Waals surface area contributed by atoms with Gasteiger partial charge >= 0.3 is 0 Å². The third-order valence-corrected chi connectivity index (χ3v) is 5.55. The van der Waals surface area contributed by atoms with Gasteiger partial charge < -0.3 is 15.2 Å². The Morgan fingerprint density at radius 3 is 2.96 bits per heavy atom. The molecule has 2 atom stereocenters. The van der Waals surface area contributed by atoms with Gasteiger partial charge in [-0.1, -0.05) is 25.1 Å². The molecule has 25 heavy (non-hydrogen) atoms. The summed E-state index contributed by atoms with van der Waals surface area (Å²) in [6, 6.07) is 6.98. The zero-order valence-corrected chi connectivity index (χ0v) is 15.3. The monoisotopic (exact) mass is 337 g/mol. The number of carbonyl (C=O) groups excluding carboxylic acids is 1. The van der Waals surface area contributed by atoms with Crippen molar-refractivity contribution in [2.24, 2.45) is 5.92 Å². The molecule has 1 aromatic heterocycles. The van der Waals surface area contributed by atoms with Crippen molar-refractivity contribution in [2.75, 3.05) is 13.1 Å². The van der Waals surface area contributed by atoms with Gasteiger partial charge in [0.2, 0.25) is 5.91 Å². The van der Waals surface area contributed by atoms with Crippen molar-refractivity contribution in [1.82, 2.24) is 15.2 Å². The molecule has 4 nitrogen and oxygen atoms in total. The van der Waals surface area contributed by atoms with E-state index in [0.717, 1.165) is 25.9 Å². The van der Waals surface area contributed by atoms with E-state index in [0.29, 0.717) is 6.04 Å². The van der Waals surface area contributed by atoms with E-state index in [4.69, 9.17) is 0 Å². The number of benzene rings is 1. The lowest BCUT2D eigenvalue weighted by Gasteiger charge is -2.36. The maximum atomic E-state index is 13.1. The van der Waals surface area contributed by atoms with Gasteiger partial charge in [0.05, 0.1) is 5.92 Å². The number of amides is 1. The Hall–Kier alpha value is -2.07. The van der Waals surface area contributed by atoms with Crippen molar-refractivity contribution in [3.05, 3.63) is 41.6 Å². The van der Waals surface area contributed by atoms with Crippen LogP contribution in [0.3, 0.4) is 0 Å². The van der Waals surface area contributed by atoms with E-state index in [1.807, 2.05) is 4.90 Å². The molecule has 132 valence electrons. The Kier molecular flexibility index (Phi) is 4.16. The van der Waals surface area contributed by atoms with E-state index >= 15 is 0 Å². The summed E-state index contributed by atoms with van der Waals surface area (Å²) in [7, 11) is 0. The standard InChI is InChI=1S/C21H27N3O/c1-4-8-24(13(2)3)21(25)15-9-17-16-6-5-7-18-20(16)14(11-22-18)10-19(17)23-12-15/h5-7,9,11,13,15,19,22-23H,4,8,10,12H2,1-3H3. The first-order valence-corrected chi connectivity index (χ1v) is 9.45. The predicted octanol–water partition coefficient (Wildman–Crippen LogP) is 3.34. The van der Waals surface area contributed by atoms with Crippen LogP contribution in [0.25, 0.3) is 16.5 Å². The summed E-state index contributed by atoms with van der Waals surface area (Å²) in [5.74, 6) is 0.179. The lowest BCUT2D eigenvalue weighted by atomic mass is 9.80. The summed E-state index contributed by atoms with van der Waals surface area (Å²) in [5, 5.41) is 4.96. The predicted molar refractivity (Wildman–Crippen MR) is 102 cm³/mol. The highest BCUT2D eigenvalue weighted by Crippen LogP contribution is 2.38. The average Bonchev–Trinajstić information content (AvgIpc) is 3.03. The first kappa shape index (κ1) is 16.4. The quantitative estimate of drug-likeness (QED) is 0.899. The maximum Gasteiger partial charge on any atom is 0.231 e. The van der Waals surface area contributed by atoms with Crippen LogP contribution >= 0.6 is 0 Å². The second-order valence-corrected chi connectivity index (χ2v) is 7.56. The third-order valence-electron chi connectivity index (χ3n) is 5.55. The SMILES string of the molecule is CCCN(C(=O)C1C=C2c3cccc4[nH]cc(c34)CC2NC1)C(C)C. The lowest BCUT2D eigenvalue weighted by molar-refractivity contribution is -0.135. The molecule has 2 aliphatic rings. The zero-order chi connectivity index (χ0) is 17.6. The van der Waals surface area contributed by atoms with Crippen LogP contribution in [-0.2, 0) is 11.2 Å². The Morgan fingerprint density at radius 1 is 1.36 bits per heavy atom.